The van der Waals surface area contributed by atoms with Crippen LogP contribution in [0, 0.1) is 0 Å². The second-order valence-corrected chi connectivity index (χ2v) is 5.22. The van der Waals surface area contributed by atoms with Gasteiger partial charge in [-0.1, -0.05) is 49.1 Å². The van der Waals surface area contributed by atoms with E-state index in [9.17, 15) is 0 Å². The number of nitrogens with zero attached hydrogens (tertiary/aromatic N) is 1. The molecule has 0 spiro atoms. The van der Waals surface area contributed by atoms with Crippen molar-refractivity contribution in [3.05, 3.63) is 72.8 Å². The number of aliphatic imine (C=N–C) groups is 1. The first-order chi connectivity index (χ1) is 12.3. The van der Waals surface area contributed by atoms with E-state index in [1.807, 2.05) is 54.6 Å². The summed E-state index contributed by atoms with van der Waals surface area (Å²) in [5.74, 6) is 2.42. The minimum atomic E-state index is 0. The zero-order valence-corrected chi connectivity index (χ0v) is 17.3. The molecule has 0 saturated carbocycles. The molecular weight excluding hydrogens is 441 g/mol. The Labute approximate surface area is 172 Å². The molecule has 0 amide bonds. The van der Waals surface area contributed by atoms with Crippen LogP contribution in [0.15, 0.2) is 72.2 Å². The van der Waals surface area contributed by atoms with Gasteiger partial charge in [-0.15, -0.1) is 24.0 Å². The van der Waals surface area contributed by atoms with Gasteiger partial charge in [0.15, 0.2) is 5.96 Å². The Morgan fingerprint density at radius 1 is 1.04 bits per heavy atom. The van der Waals surface area contributed by atoms with Gasteiger partial charge in [-0.25, -0.2) is 0 Å². The minimum absolute atomic E-state index is 0. The number of halogens is 1. The van der Waals surface area contributed by atoms with E-state index in [2.05, 4.69) is 22.2 Å². The zero-order chi connectivity index (χ0) is 17.7. The van der Waals surface area contributed by atoms with Gasteiger partial charge in [-0.2, -0.15) is 0 Å². The maximum Gasteiger partial charge on any atom is 0.191 e. The number of ether oxygens (including phenoxy) is 2. The highest BCUT2D eigenvalue weighted by atomic mass is 127. The largest absolute Gasteiger partial charge is 0.492 e. The molecule has 26 heavy (non-hydrogen) atoms. The van der Waals surface area contributed by atoms with E-state index in [0.717, 1.165) is 23.0 Å². The lowest BCUT2D eigenvalue weighted by atomic mass is 10.2. The van der Waals surface area contributed by atoms with Gasteiger partial charge in [-0.3, -0.25) is 4.99 Å². The number of rotatable bonds is 9. The number of para-hydroxylation sites is 2. The smallest absolute Gasteiger partial charge is 0.191 e. The zero-order valence-electron chi connectivity index (χ0n) is 15.0. The maximum atomic E-state index is 5.66. The third kappa shape index (κ3) is 7.77. The summed E-state index contributed by atoms with van der Waals surface area (Å²) in [6, 6.07) is 17.7. The van der Waals surface area contributed by atoms with Crippen LogP contribution < -0.4 is 20.1 Å². The van der Waals surface area contributed by atoms with E-state index in [0.29, 0.717) is 26.3 Å². The Hall–Kier alpha value is -2.22. The molecule has 140 valence electrons. The second-order valence-electron chi connectivity index (χ2n) is 5.22. The third-order valence-corrected chi connectivity index (χ3v) is 3.41. The van der Waals surface area contributed by atoms with Crippen LogP contribution in [0.25, 0.3) is 0 Å². The molecule has 0 bridgehead atoms. The van der Waals surface area contributed by atoms with Crippen molar-refractivity contribution in [3.8, 4) is 11.5 Å². The van der Waals surface area contributed by atoms with E-state index in [4.69, 9.17) is 9.47 Å². The summed E-state index contributed by atoms with van der Waals surface area (Å²) in [6.45, 7) is 5.99. The Morgan fingerprint density at radius 3 is 2.50 bits per heavy atom. The molecular formula is C20H26IN3O2. The molecule has 0 heterocycles. The molecule has 2 aromatic rings. The number of guanidine groups is 1. The molecule has 5 nitrogen and oxygen atoms in total. The molecule has 2 rings (SSSR count). The number of nitrogens with one attached hydrogen (secondary N) is 2. The fourth-order valence-corrected chi connectivity index (χ4v) is 2.19. The van der Waals surface area contributed by atoms with Crippen molar-refractivity contribution in [2.24, 2.45) is 4.99 Å². The number of hydrogen-bond acceptors (Lipinski definition) is 3. The van der Waals surface area contributed by atoms with Crippen LogP contribution in [-0.4, -0.2) is 32.8 Å². The minimum Gasteiger partial charge on any atom is -0.492 e. The standard InChI is InChI=1S/C20H25N3O2.HI/c1-3-14-25-19-12-8-7-9-17(19)16-23-20(21-2)22-13-15-24-18-10-5-4-6-11-18;/h3-12H,1,13-16H2,2H3,(H2,21,22,23);1H. The van der Waals surface area contributed by atoms with Crippen molar-refractivity contribution in [3.63, 3.8) is 0 Å². The quantitative estimate of drug-likeness (QED) is 0.195. The van der Waals surface area contributed by atoms with Gasteiger partial charge in [0.1, 0.15) is 24.7 Å². The van der Waals surface area contributed by atoms with Crippen LogP contribution in [0.1, 0.15) is 5.56 Å². The number of hydrogen-bond donors (Lipinski definition) is 2. The summed E-state index contributed by atoms with van der Waals surface area (Å²) in [7, 11) is 1.74. The van der Waals surface area contributed by atoms with Crippen LogP contribution in [0.5, 0.6) is 11.5 Å². The summed E-state index contributed by atoms with van der Waals surface area (Å²) in [5.41, 5.74) is 1.06. The lowest BCUT2D eigenvalue weighted by Gasteiger charge is -2.14. The monoisotopic (exact) mass is 467 g/mol. The van der Waals surface area contributed by atoms with E-state index in [1.54, 1.807) is 13.1 Å². The molecule has 2 aromatic carbocycles. The molecule has 6 heteroatoms. The van der Waals surface area contributed by atoms with Crippen LogP contribution in [-0.2, 0) is 6.54 Å². The molecule has 0 unspecified atom stereocenters. The number of benzene rings is 2. The maximum absolute atomic E-state index is 5.66. The van der Waals surface area contributed by atoms with Gasteiger partial charge >= 0.3 is 0 Å². The fourth-order valence-electron chi connectivity index (χ4n) is 2.19. The molecule has 0 atom stereocenters. The van der Waals surface area contributed by atoms with E-state index < -0.39 is 0 Å². The van der Waals surface area contributed by atoms with Gasteiger partial charge in [0.25, 0.3) is 0 Å². The molecule has 0 fully saturated rings. The Kier molecular flexibility index (Phi) is 10.9. The van der Waals surface area contributed by atoms with Crippen LogP contribution >= 0.6 is 24.0 Å². The van der Waals surface area contributed by atoms with Gasteiger partial charge in [0.05, 0.1) is 6.54 Å². The van der Waals surface area contributed by atoms with E-state index in [-0.39, 0.29) is 24.0 Å². The topological polar surface area (TPSA) is 54.9 Å². The Morgan fingerprint density at radius 2 is 1.77 bits per heavy atom. The predicted octanol–water partition coefficient (Wildman–Crippen LogP) is 3.61. The lowest BCUT2D eigenvalue weighted by Crippen LogP contribution is -2.38. The third-order valence-electron chi connectivity index (χ3n) is 3.41. The molecule has 2 N–H and O–H groups in total. The highest BCUT2D eigenvalue weighted by Crippen LogP contribution is 2.17. The van der Waals surface area contributed by atoms with Crippen molar-refractivity contribution < 1.29 is 9.47 Å². The van der Waals surface area contributed by atoms with Gasteiger partial charge in [-0.05, 0) is 18.2 Å². The van der Waals surface area contributed by atoms with Crippen LogP contribution in [0.3, 0.4) is 0 Å². The van der Waals surface area contributed by atoms with Gasteiger partial charge < -0.3 is 20.1 Å². The lowest BCUT2D eigenvalue weighted by molar-refractivity contribution is 0.322. The fraction of sp³-hybridized carbons (Fsp3) is 0.250. The molecule has 0 aliphatic heterocycles. The van der Waals surface area contributed by atoms with Crippen molar-refractivity contribution in [2.45, 2.75) is 6.54 Å². The molecule has 0 aromatic heterocycles. The first kappa shape index (κ1) is 21.8. The average Bonchev–Trinajstić information content (AvgIpc) is 2.67. The average molecular weight is 467 g/mol. The highest BCUT2D eigenvalue weighted by Gasteiger charge is 2.04. The summed E-state index contributed by atoms with van der Waals surface area (Å²) in [6.07, 6.45) is 1.73. The van der Waals surface area contributed by atoms with E-state index >= 15 is 0 Å². The summed E-state index contributed by atoms with van der Waals surface area (Å²) >= 11 is 0. The first-order valence-corrected chi connectivity index (χ1v) is 8.27. The van der Waals surface area contributed by atoms with Crippen molar-refractivity contribution in [1.82, 2.24) is 10.6 Å². The summed E-state index contributed by atoms with van der Waals surface area (Å²) < 4.78 is 11.3. The first-order valence-electron chi connectivity index (χ1n) is 8.27. The summed E-state index contributed by atoms with van der Waals surface area (Å²) in [5, 5.41) is 6.51. The van der Waals surface area contributed by atoms with Gasteiger partial charge in [0.2, 0.25) is 0 Å². The second kappa shape index (κ2) is 13.0. The Balaban J connectivity index is 0.00000338. The van der Waals surface area contributed by atoms with Gasteiger partial charge in [0, 0.05) is 19.2 Å². The normalized spacial score (nSPS) is 10.4. The van der Waals surface area contributed by atoms with Crippen LogP contribution in [0.2, 0.25) is 0 Å². The highest BCUT2D eigenvalue weighted by molar-refractivity contribution is 14.0. The predicted molar refractivity (Wildman–Crippen MR) is 118 cm³/mol. The molecule has 0 aliphatic carbocycles. The van der Waals surface area contributed by atoms with Crippen molar-refractivity contribution in [2.75, 3.05) is 26.8 Å². The molecule has 0 aliphatic rings. The van der Waals surface area contributed by atoms with Crippen LogP contribution in [0.4, 0.5) is 0 Å². The molecule has 0 radical (unpaired) electrons. The SMILES string of the molecule is C=CCOc1ccccc1CNC(=NC)NCCOc1ccccc1.I. The Bertz CT molecular complexity index is 678. The van der Waals surface area contributed by atoms with E-state index in [1.165, 1.54) is 0 Å². The van der Waals surface area contributed by atoms with Crippen molar-refractivity contribution >= 4 is 29.9 Å². The molecule has 0 saturated heterocycles. The summed E-state index contributed by atoms with van der Waals surface area (Å²) in [4.78, 5) is 4.22. The van der Waals surface area contributed by atoms with Crippen molar-refractivity contribution in [1.29, 1.82) is 0 Å².